The van der Waals surface area contributed by atoms with Gasteiger partial charge in [0, 0.05) is 16.5 Å². The second-order valence-corrected chi connectivity index (χ2v) is 8.77. The van der Waals surface area contributed by atoms with E-state index in [1.165, 1.54) is 0 Å². The van der Waals surface area contributed by atoms with E-state index in [0.29, 0.717) is 28.6 Å². The molecule has 1 atom stereocenters. The number of hydrogen-bond acceptors (Lipinski definition) is 5. The third-order valence-corrected chi connectivity index (χ3v) is 5.77. The molecule has 0 radical (unpaired) electrons. The maximum absolute atomic E-state index is 14.1. The number of amides is 1. The summed E-state index contributed by atoms with van der Waals surface area (Å²) in [4.78, 5) is 29.9. The van der Waals surface area contributed by atoms with E-state index < -0.39 is 43.0 Å². The molecule has 1 N–H and O–H groups in total. The third kappa shape index (κ3) is 7.51. The van der Waals surface area contributed by atoms with Crippen molar-refractivity contribution in [2.24, 2.45) is 0 Å². The van der Waals surface area contributed by atoms with Crippen LogP contribution in [0.4, 0.5) is 13.2 Å². The van der Waals surface area contributed by atoms with E-state index in [-0.39, 0.29) is 11.6 Å². The number of nitrogens with one attached hydrogen (secondary N) is 1. The average molecular weight is 569 g/mol. The number of Topliss-reactive ketones (excluding diaryl/α,β-unsaturated/α-hetero) is 1. The highest BCUT2D eigenvalue weighted by molar-refractivity contribution is 9.10. The molecule has 2 rings (SSSR count). The van der Waals surface area contributed by atoms with Gasteiger partial charge in [0.2, 0.25) is 17.3 Å². The number of ether oxygens (including phenoxy) is 2. The average Bonchev–Trinajstić information content (AvgIpc) is 2.83. The number of alkyl halides is 3. The monoisotopic (exact) mass is 568 g/mol. The van der Waals surface area contributed by atoms with Crippen LogP contribution in [0.2, 0.25) is 0 Å². The lowest BCUT2D eigenvalue weighted by Crippen LogP contribution is -2.59. The summed E-state index contributed by atoms with van der Waals surface area (Å²) in [6, 6.07) is 9.76. The van der Waals surface area contributed by atoms with Crippen LogP contribution in [-0.4, -0.2) is 41.6 Å². The number of nitrogens with zero attached hydrogens (tertiary/aromatic N) is 1. The lowest BCUT2D eigenvalue weighted by atomic mass is 9.96. The van der Waals surface area contributed by atoms with Gasteiger partial charge in [-0.15, -0.1) is 13.2 Å². The number of unbranched alkanes of at least 4 members (excludes halogenated alkanes) is 1. The van der Waals surface area contributed by atoms with Crippen LogP contribution in [0.3, 0.4) is 0 Å². The zero-order valence-electron chi connectivity index (χ0n) is 19.9. The molecule has 1 amide bonds. The van der Waals surface area contributed by atoms with Crippen LogP contribution in [-0.2, 0) is 16.1 Å². The molecule has 0 saturated heterocycles. The van der Waals surface area contributed by atoms with Crippen molar-refractivity contribution >= 4 is 27.6 Å². The van der Waals surface area contributed by atoms with Crippen molar-refractivity contribution in [3.63, 3.8) is 0 Å². The van der Waals surface area contributed by atoms with Gasteiger partial charge in [0.05, 0.1) is 19.8 Å². The summed E-state index contributed by atoms with van der Waals surface area (Å²) >= 11 is 3.25. The maximum atomic E-state index is 14.1. The van der Waals surface area contributed by atoms with Crippen molar-refractivity contribution in [1.29, 1.82) is 0 Å². The molecule has 36 heavy (non-hydrogen) atoms. The Kier molecular flexibility index (Phi) is 10.9. The van der Waals surface area contributed by atoms with Crippen LogP contribution in [0.1, 0.15) is 40.9 Å². The number of carbonyl (C=O) groups excluding carboxylic acids is 2. The summed E-state index contributed by atoms with van der Waals surface area (Å²) in [6.45, 7) is 7.88. The molecular formula is C26H28BrF3N2O4. The minimum Gasteiger partial charge on any atom is -0.477 e. The van der Waals surface area contributed by atoms with E-state index >= 15 is 0 Å². The largest absolute Gasteiger partial charge is 0.477 e. The van der Waals surface area contributed by atoms with Gasteiger partial charge in [0.25, 0.3) is 5.91 Å². The Morgan fingerprint density at radius 1 is 1.17 bits per heavy atom. The van der Waals surface area contributed by atoms with Gasteiger partial charge < -0.3 is 14.8 Å². The van der Waals surface area contributed by atoms with E-state index in [4.69, 9.17) is 9.47 Å². The predicted molar refractivity (Wildman–Crippen MR) is 134 cm³/mol. The Balaban J connectivity index is 2.19. The SMILES string of the molecule is C=CCCCOc1nc(C(=O)CNC(=O)C(CC=C)(OCc2ccccc2)C(F)(F)F)c(Br)cc1C. The Bertz CT molecular complexity index is 1080. The highest BCUT2D eigenvalue weighted by atomic mass is 79.9. The molecule has 1 aromatic carbocycles. The highest BCUT2D eigenvalue weighted by Gasteiger charge is 2.61. The van der Waals surface area contributed by atoms with Crippen LogP contribution < -0.4 is 10.1 Å². The van der Waals surface area contributed by atoms with Crippen molar-refractivity contribution in [1.82, 2.24) is 10.3 Å². The molecule has 10 heteroatoms. The van der Waals surface area contributed by atoms with E-state index in [9.17, 15) is 22.8 Å². The van der Waals surface area contributed by atoms with Crippen LogP contribution in [0, 0.1) is 6.92 Å². The molecule has 0 spiro atoms. The number of aryl methyl sites for hydroxylation is 1. The Labute approximate surface area is 216 Å². The number of pyridine rings is 1. The summed E-state index contributed by atoms with van der Waals surface area (Å²) in [5, 5.41) is 2.08. The van der Waals surface area contributed by atoms with Gasteiger partial charge in [-0.3, -0.25) is 9.59 Å². The standard InChI is InChI=1S/C26H28BrF3N2O4/c1-4-6-10-14-35-23-18(3)15-20(27)22(32-23)21(33)16-31-24(34)25(13-5-2,26(28,29)30)36-17-19-11-8-7-9-12-19/h4-5,7-9,11-12,15H,1-2,6,10,13-14,16-17H2,3H3,(H,31,34). The summed E-state index contributed by atoms with van der Waals surface area (Å²) in [5.74, 6) is -1.98. The van der Waals surface area contributed by atoms with Gasteiger partial charge in [0.15, 0.2) is 0 Å². The molecule has 0 fully saturated rings. The van der Waals surface area contributed by atoms with E-state index in [1.54, 1.807) is 49.4 Å². The topological polar surface area (TPSA) is 77.5 Å². The van der Waals surface area contributed by atoms with Crippen molar-refractivity contribution in [2.75, 3.05) is 13.2 Å². The predicted octanol–water partition coefficient (Wildman–Crippen LogP) is 5.89. The van der Waals surface area contributed by atoms with Gasteiger partial charge in [-0.2, -0.15) is 13.2 Å². The van der Waals surface area contributed by atoms with Crippen LogP contribution in [0.15, 0.2) is 66.2 Å². The molecular weight excluding hydrogens is 541 g/mol. The van der Waals surface area contributed by atoms with Gasteiger partial charge >= 0.3 is 6.18 Å². The molecule has 0 aliphatic heterocycles. The van der Waals surface area contributed by atoms with Gasteiger partial charge in [-0.05, 0) is 47.3 Å². The number of halogens is 4. The van der Waals surface area contributed by atoms with Crippen molar-refractivity contribution < 1.29 is 32.2 Å². The molecule has 0 aliphatic rings. The number of carbonyl (C=O) groups is 2. The van der Waals surface area contributed by atoms with Crippen molar-refractivity contribution in [2.45, 2.75) is 44.6 Å². The first-order valence-electron chi connectivity index (χ1n) is 11.1. The quantitative estimate of drug-likeness (QED) is 0.175. The Morgan fingerprint density at radius 3 is 2.47 bits per heavy atom. The molecule has 194 valence electrons. The Morgan fingerprint density at radius 2 is 1.86 bits per heavy atom. The molecule has 0 aliphatic carbocycles. The van der Waals surface area contributed by atoms with Crippen LogP contribution in [0.5, 0.6) is 5.88 Å². The van der Waals surface area contributed by atoms with Crippen molar-refractivity contribution in [3.8, 4) is 5.88 Å². The number of benzene rings is 1. The second kappa shape index (κ2) is 13.4. The number of rotatable bonds is 14. The third-order valence-electron chi connectivity index (χ3n) is 5.17. The van der Waals surface area contributed by atoms with E-state index in [2.05, 4.69) is 39.4 Å². The van der Waals surface area contributed by atoms with Crippen molar-refractivity contribution in [3.05, 3.63) is 83.0 Å². The molecule has 1 aromatic heterocycles. The fourth-order valence-electron chi connectivity index (χ4n) is 3.22. The number of ketones is 1. The maximum Gasteiger partial charge on any atom is 0.426 e. The zero-order valence-corrected chi connectivity index (χ0v) is 21.5. The number of hydrogen-bond donors (Lipinski definition) is 1. The summed E-state index contributed by atoms with van der Waals surface area (Å²) in [7, 11) is 0. The fourth-order valence-corrected chi connectivity index (χ4v) is 3.87. The lowest BCUT2D eigenvalue weighted by molar-refractivity contribution is -0.269. The minimum absolute atomic E-state index is 0.0776. The molecule has 1 heterocycles. The number of allylic oxidation sites excluding steroid dienone is 1. The molecule has 2 aromatic rings. The first-order valence-corrected chi connectivity index (χ1v) is 11.9. The first-order chi connectivity index (χ1) is 17.1. The Hall–Kier alpha value is -2.98. The van der Waals surface area contributed by atoms with Crippen LogP contribution >= 0.6 is 15.9 Å². The van der Waals surface area contributed by atoms with Gasteiger partial charge in [-0.1, -0.05) is 42.5 Å². The molecule has 0 bridgehead atoms. The minimum atomic E-state index is -5.07. The molecule has 1 unspecified atom stereocenters. The summed E-state index contributed by atoms with van der Waals surface area (Å²) < 4.78 is 53.5. The summed E-state index contributed by atoms with van der Waals surface area (Å²) in [6.07, 6.45) is -1.76. The van der Waals surface area contributed by atoms with Gasteiger partial charge in [-0.25, -0.2) is 4.98 Å². The van der Waals surface area contributed by atoms with E-state index in [0.717, 1.165) is 12.5 Å². The molecule has 6 nitrogen and oxygen atoms in total. The normalized spacial score (nSPS) is 12.9. The highest BCUT2D eigenvalue weighted by Crippen LogP contribution is 2.38. The lowest BCUT2D eigenvalue weighted by Gasteiger charge is -2.33. The second-order valence-electron chi connectivity index (χ2n) is 7.92. The van der Waals surface area contributed by atoms with Crippen LogP contribution in [0.25, 0.3) is 0 Å². The smallest absolute Gasteiger partial charge is 0.426 e. The first kappa shape index (κ1) is 29.3. The molecule has 0 saturated carbocycles. The van der Waals surface area contributed by atoms with Gasteiger partial charge in [0.1, 0.15) is 5.69 Å². The number of aromatic nitrogens is 1. The summed E-state index contributed by atoms with van der Waals surface area (Å²) in [5.41, 5.74) is -2.18. The fraction of sp³-hybridized carbons (Fsp3) is 0.346. The van der Waals surface area contributed by atoms with E-state index in [1.807, 2.05) is 0 Å². The zero-order chi connectivity index (χ0) is 26.8.